The van der Waals surface area contributed by atoms with Crippen LogP contribution in [0.5, 0.6) is 0 Å². The Morgan fingerprint density at radius 2 is 2.25 bits per heavy atom. The first-order valence-corrected chi connectivity index (χ1v) is 3.77. The molecule has 0 bridgehead atoms. The number of carbonyl (C=O) groups is 1. The van der Waals surface area contributed by atoms with Crippen LogP contribution in [-0.2, 0) is 6.42 Å². The smallest absolute Gasteiger partial charge is 0.335 e. The summed E-state index contributed by atoms with van der Waals surface area (Å²) in [6.45, 7) is 5.54. The zero-order chi connectivity index (χ0) is 9.14. The Kier molecular flexibility index (Phi) is 2.48. The fraction of sp³-hybridized carbons (Fsp3) is 0.200. The second kappa shape index (κ2) is 3.39. The lowest BCUT2D eigenvalue weighted by molar-refractivity contribution is 0.0695. The molecule has 0 aromatic heterocycles. The molecule has 2 heteroatoms. The van der Waals surface area contributed by atoms with E-state index in [9.17, 15) is 4.79 Å². The van der Waals surface area contributed by atoms with E-state index in [4.69, 9.17) is 5.11 Å². The van der Waals surface area contributed by atoms with Crippen molar-refractivity contribution in [2.24, 2.45) is 0 Å². The molecule has 0 aliphatic carbocycles. The first-order valence-electron chi connectivity index (χ1n) is 3.77. The summed E-state index contributed by atoms with van der Waals surface area (Å²) in [7, 11) is 0. The molecular formula is C10H11O2. The lowest BCUT2D eigenvalue weighted by Gasteiger charge is -2.03. The Morgan fingerprint density at radius 1 is 1.58 bits per heavy atom. The SMILES string of the molecule is [CH2]Cc1ccc(C)cc1C(=O)O. The molecule has 0 heterocycles. The van der Waals surface area contributed by atoms with E-state index in [1.807, 2.05) is 19.1 Å². The van der Waals surface area contributed by atoms with Gasteiger partial charge in [-0.15, -0.1) is 0 Å². The standard InChI is InChI=1S/C10H11O2/c1-3-8-5-4-7(2)6-9(8)10(11)12/h4-6H,1,3H2,2H3,(H,11,12). The van der Waals surface area contributed by atoms with Gasteiger partial charge >= 0.3 is 5.97 Å². The third-order valence-electron chi connectivity index (χ3n) is 1.77. The summed E-state index contributed by atoms with van der Waals surface area (Å²) < 4.78 is 0. The monoisotopic (exact) mass is 163 g/mol. The van der Waals surface area contributed by atoms with Gasteiger partial charge in [0.05, 0.1) is 5.56 Å². The summed E-state index contributed by atoms with van der Waals surface area (Å²) in [5.74, 6) is -0.877. The molecule has 1 N–H and O–H groups in total. The van der Waals surface area contributed by atoms with Crippen LogP contribution in [0.3, 0.4) is 0 Å². The topological polar surface area (TPSA) is 37.3 Å². The quantitative estimate of drug-likeness (QED) is 0.724. The summed E-state index contributed by atoms with van der Waals surface area (Å²) in [4.78, 5) is 10.7. The van der Waals surface area contributed by atoms with Crippen LogP contribution in [0.4, 0.5) is 0 Å². The number of aromatic carboxylic acids is 1. The maximum Gasteiger partial charge on any atom is 0.335 e. The lowest BCUT2D eigenvalue weighted by Crippen LogP contribution is -2.01. The van der Waals surface area contributed by atoms with Crippen molar-refractivity contribution in [3.05, 3.63) is 41.8 Å². The van der Waals surface area contributed by atoms with Gasteiger partial charge < -0.3 is 5.11 Å². The zero-order valence-electron chi connectivity index (χ0n) is 7.00. The molecule has 0 fully saturated rings. The second-order valence-electron chi connectivity index (χ2n) is 2.72. The van der Waals surface area contributed by atoms with E-state index in [0.717, 1.165) is 11.1 Å². The minimum atomic E-state index is -0.877. The Hall–Kier alpha value is -1.31. The minimum absolute atomic E-state index is 0.366. The number of carboxylic acid groups (broad SMARTS) is 1. The Labute approximate surface area is 71.8 Å². The van der Waals surface area contributed by atoms with E-state index in [0.29, 0.717) is 12.0 Å². The van der Waals surface area contributed by atoms with Crippen molar-refractivity contribution in [3.63, 3.8) is 0 Å². The number of benzene rings is 1. The van der Waals surface area contributed by atoms with Crippen molar-refractivity contribution in [2.75, 3.05) is 0 Å². The van der Waals surface area contributed by atoms with Gasteiger partial charge in [-0.1, -0.05) is 17.7 Å². The van der Waals surface area contributed by atoms with Crippen LogP contribution in [0.2, 0.25) is 0 Å². The van der Waals surface area contributed by atoms with E-state index < -0.39 is 5.97 Å². The molecule has 1 rings (SSSR count). The fourth-order valence-corrected chi connectivity index (χ4v) is 1.11. The van der Waals surface area contributed by atoms with Gasteiger partial charge in [0.15, 0.2) is 0 Å². The molecule has 0 unspecified atom stereocenters. The summed E-state index contributed by atoms with van der Waals surface area (Å²) in [6.07, 6.45) is 0.516. The molecule has 0 aliphatic heterocycles. The molecule has 2 nitrogen and oxygen atoms in total. The highest BCUT2D eigenvalue weighted by Crippen LogP contribution is 2.11. The van der Waals surface area contributed by atoms with Gasteiger partial charge in [0.2, 0.25) is 0 Å². The van der Waals surface area contributed by atoms with Crippen molar-refractivity contribution >= 4 is 5.97 Å². The molecule has 1 radical (unpaired) electrons. The fourth-order valence-electron chi connectivity index (χ4n) is 1.11. The molecule has 1 aromatic rings. The number of rotatable bonds is 2. The van der Waals surface area contributed by atoms with E-state index in [1.54, 1.807) is 6.07 Å². The third-order valence-corrected chi connectivity index (χ3v) is 1.77. The molecule has 0 spiro atoms. The number of hydrogen-bond donors (Lipinski definition) is 1. The summed E-state index contributed by atoms with van der Waals surface area (Å²) in [5, 5.41) is 8.79. The zero-order valence-corrected chi connectivity index (χ0v) is 7.00. The predicted octanol–water partition coefficient (Wildman–Crippen LogP) is 2.07. The van der Waals surface area contributed by atoms with Crippen molar-refractivity contribution in [1.82, 2.24) is 0 Å². The van der Waals surface area contributed by atoms with Gasteiger partial charge in [-0.25, -0.2) is 4.79 Å². The lowest BCUT2D eigenvalue weighted by atomic mass is 10.0. The van der Waals surface area contributed by atoms with Crippen molar-refractivity contribution in [3.8, 4) is 0 Å². The summed E-state index contributed by atoms with van der Waals surface area (Å²) in [5.41, 5.74) is 2.11. The molecule has 1 aromatic carbocycles. The highest BCUT2D eigenvalue weighted by Gasteiger charge is 2.07. The second-order valence-corrected chi connectivity index (χ2v) is 2.72. The van der Waals surface area contributed by atoms with Crippen LogP contribution < -0.4 is 0 Å². The third kappa shape index (κ3) is 1.64. The van der Waals surface area contributed by atoms with Gasteiger partial charge in [-0.3, -0.25) is 0 Å². The molecule has 12 heavy (non-hydrogen) atoms. The predicted molar refractivity (Wildman–Crippen MR) is 47.2 cm³/mol. The van der Waals surface area contributed by atoms with Crippen LogP contribution in [0, 0.1) is 13.8 Å². The summed E-state index contributed by atoms with van der Waals surface area (Å²) >= 11 is 0. The van der Waals surface area contributed by atoms with E-state index in [-0.39, 0.29) is 0 Å². The normalized spacial score (nSPS) is 9.83. The van der Waals surface area contributed by atoms with E-state index in [2.05, 4.69) is 6.92 Å². The number of aryl methyl sites for hydroxylation is 1. The molecule has 0 saturated heterocycles. The molecule has 0 aliphatic rings. The Bertz CT molecular complexity index is 303. The first-order chi connectivity index (χ1) is 5.65. The number of carboxylic acids is 1. The maximum atomic E-state index is 10.7. The van der Waals surface area contributed by atoms with E-state index >= 15 is 0 Å². The van der Waals surface area contributed by atoms with Crippen LogP contribution in [-0.4, -0.2) is 11.1 Å². The maximum absolute atomic E-state index is 10.7. The van der Waals surface area contributed by atoms with Gasteiger partial charge in [0, 0.05) is 0 Å². The van der Waals surface area contributed by atoms with Crippen LogP contribution in [0.15, 0.2) is 18.2 Å². The molecular weight excluding hydrogens is 152 g/mol. The largest absolute Gasteiger partial charge is 0.478 e. The molecule has 0 amide bonds. The molecule has 0 saturated carbocycles. The highest BCUT2D eigenvalue weighted by molar-refractivity contribution is 5.89. The first kappa shape index (κ1) is 8.78. The molecule has 63 valence electrons. The Balaban J connectivity index is 3.21. The van der Waals surface area contributed by atoms with Gasteiger partial charge in [0.25, 0.3) is 0 Å². The average Bonchev–Trinajstić information content (AvgIpc) is 2.04. The summed E-state index contributed by atoms with van der Waals surface area (Å²) in [6, 6.07) is 5.38. The van der Waals surface area contributed by atoms with Crippen molar-refractivity contribution in [1.29, 1.82) is 0 Å². The van der Waals surface area contributed by atoms with Crippen LogP contribution >= 0.6 is 0 Å². The highest BCUT2D eigenvalue weighted by atomic mass is 16.4. The van der Waals surface area contributed by atoms with Crippen LogP contribution in [0.1, 0.15) is 21.5 Å². The van der Waals surface area contributed by atoms with Crippen LogP contribution in [0.25, 0.3) is 0 Å². The average molecular weight is 163 g/mol. The van der Waals surface area contributed by atoms with Gasteiger partial charge in [0.1, 0.15) is 0 Å². The van der Waals surface area contributed by atoms with Gasteiger partial charge in [-0.05, 0) is 31.9 Å². The van der Waals surface area contributed by atoms with Gasteiger partial charge in [-0.2, -0.15) is 0 Å². The van der Waals surface area contributed by atoms with E-state index in [1.165, 1.54) is 0 Å². The minimum Gasteiger partial charge on any atom is -0.478 e. The van der Waals surface area contributed by atoms with Crippen molar-refractivity contribution < 1.29 is 9.90 Å². The van der Waals surface area contributed by atoms with Crippen molar-refractivity contribution in [2.45, 2.75) is 13.3 Å². The number of hydrogen-bond acceptors (Lipinski definition) is 1. The Morgan fingerprint density at radius 3 is 2.75 bits per heavy atom. The molecule has 0 atom stereocenters.